The third kappa shape index (κ3) is 4.10. The molecule has 0 spiro atoms. The number of nitrogens with one attached hydrogen (secondary N) is 2. The topological polar surface area (TPSA) is 109 Å². The number of hydrogen-bond acceptors (Lipinski definition) is 6. The Bertz CT molecular complexity index is 887. The van der Waals surface area contributed by atoms with Crippen LogP contribution in [0.3, 0.4) is 0 Å². The van der Waals surface area contributed by atoms with Crippen LogP contribution >= 0.6 is 22.0 Å². The van der Waals surface area contributed by atoms with Gasteiger partial charge in [-0.15, -0.1) is 11.3 Å². The third-order valence-corrected chi connectivity index (χ3v) is 7.52. The number of carbonyl (C=O) groups excluding carboxylic acids is 1. The van der Waals surface area contributed by atoms with Gasteiger partial charge in [-0.25, -0.2) is 21.6 Å². The molecule has 0 aromatic carbocycles. The van der Waals surface area contributed by atoms with Crippen molar-refractivity contribution in [2.75, 3.05) is 11.6 Å². The highest BCUT2D eigenvalue weighted by Gasteiger charge is 2.35. The molecule has 1 unspecified atom stereocenters. The Labute approximate surface area is 149 Å². The maximum absolute atomic E-state index is 12.0. The molecule has 2 aliphatic rings. The fourth-order valence-corrected chi connectivity index (χ4v) is 6.75. The van der Waals surface area contributed by atoms with E-state index in [9.17, 15) is 21.6 Å². The highest BCUT2D eigenvalue weighted by molar-refractivity contribution is 8.14. The van der Waals surface area contributed by atoms with Crippen LogP contribution in [0.4, 0.5) is 5.00 Å². The number of hydrogen-bond donors (Lipinski definition) is 2. The standard InChI is InChI=1S/C13H17ClN2O5S3/c1-23(18,19)16-8-4-5-10-9(6-8)11(24(14,20)21)13(22-10)15-12(17)7-2-3-7/h7-8,16H,2-6H2,1H3,(H,15,17). The van der Waals surface area contributed by atoms with Crippen molar-refractivity contribution in [3.8, 4) is 0 Å². The van der Waals surface area contributed by atoms with Crippen LogP contribution in [-0.4, -0.2) is 35.0 Å². The fraction of sp³-hybridized carbons (Fsp3) is 0.615. The second-order valence-corrected chi connectivity index (χ2v) is 11.6. The Morgan fingerprint density at radius 2 is 1.88 bits per heavy atom. The van der Waals surface area contributed by atoms with Crippen molar-refractivity contribution in [3.05, 3.63) is 10.4 Å². The highest BCUT2D eigenvalue weighted by Crippen LogP contribution is 2.43. The molecule has 134 valence electrons. The SMILES string of the molecule is CS(=O)(=O)NC1CCc2sc(NC(=O)C3CC3)c(S(=O)(=O)Cl)c2C1. The predicted molar refractivity (Wildman–Crippen MR) is 92.5 cm³/mol. The van der Waals surface area contributed by atoms with Gasteiger partial charge in [0.2, 0.25) is 15.9 Å². The Kier molecular flexibility index (Phi) is 4.71. The van der Waals surface area contributed by atoms with Gasteiger partial charge in [0.15, 0.2) is 0 Å². The van der Waals surface area contributed by atoms with E-state index < -0.39 is 19.1 Å². The number of sulfonamides is 1. The molecule has 2 N–H and O–H groups in total. The van der Waals surface area contributed by atoms with Crippen LogP contribution in [0.2, 0.25) is 0 Å². The van der Waals surface area contributed by atoms with Crippen LogP contribution in [0.5, 0.6) is 0 Å². The summed E-state index contributed by atoms with van der Waals surface area (Å²) in [6.45, 7) is 0. The maximum Gasteiger partial charge on any atom is 0.264 e. The van der Waals surface area contributed by atoms with Crippen molar-refractivity contribution >= 4 is 52.0 Å². The van der Waals surface area contributed by atoms with Gasteiger partial charge in [-0.2, -0.15) is 0 Å². The minimum Gasteiger partial charge on any atom is -0.316 e. The Hall–Kier alpha value is -0.680. The van der Waals surface area contributed by atoms with E-state index in [4.69, 9.17) is 10.7 Å². The molecule has 11 heteroatoms. The number of aryl methyl sites for hydroxylation is 1. The molecule has 1 fully saturated rings. The zero-order valence-electron chi connectivity index (χ0n) is 12.8. The largest absolute Gasteiger partial charge is 0.316 e. The molecular formula is C13H17ClN2O5S3. The molecule has 1 heterocycles. The highest BCUT2D eigenvalue weighted by atomic mass is 35.7. The van der Waals surface area contributed by atoms with E-state index in [-0.39, 0.29) is 34.2 Å². The molecule has 24 heavy (non-hydrogen) atoms. The lowest BCUT2D eigenvalue weighted by molar-refractivity contribution is -0.117. The van der Waals surface area contributed by atoms with Crippen molar-refractivity contribution in [2.45, 2.75) is 43.0 Å². The Morgan fingerprint density at radius 3 is 2.42 bits per heavy atom. The molecule has 0 radical (unpaired) electrons. The van der Waals surface area contributed by atoms with Gasteiger partial charge in [-0.05, 0) is 37.7 Å². The molecule has 0 saturated heterocycles. The number of amides is 1. The molecular weight excluding hydrogens is 396 g/mol. The van der Waals surface area contributed by atoms with E-state index in [1.807, 2.05) is 0 Å². The van der Waals surface area contributed by atoms with Crippen LogP contribution in [-0.2, 0) is 36.7 Å². The molecule has 1 aromatic rings. The Balaban J connectivity index is 1.95. The van der Waals surface area contributed by atoms with Crippen LogP contribution in [0.25, 0.3) is 0 Å². The monoisotopic (exact) mass is 412 g/mol. The van der Waals surface area contributed by atoms with Crippen molar-refractivity contribution < 1.29 is 21.6 Å². The first kappa shape index (κ1) is 18.1. The number of anilines is 1. The molecule has 2 aliphatic carbocycles. The molecule has 1 saturated carbocycles. The first-order chi connectivity index (χ1) is 11.0. The summed E-state index contributed by atoms with van der Waals surface area (Å²) in [5.74, 6) is -0.254. The van der Waals surface area contributed by atoms with Gasteiger partial charge in [0.05, 0.1) is 6.26 Å². The summed E-state index contributed by atoms with van der Waals surface area (Å²) in [7, 11) is -1.86. The quantitative estimate of drug-likeness (QED) is 0.711. The third-order valence-electron chi connectivity index (χ3n) is 4.02. The summed E-state index contributed by atoms with van der Waals surface area (Å²) >= 11 is 1.21. The fourth-order valence-electron chi connectivity index (χ4n) is 2.86. The average molecular weight is 413 g/mol. The van der Waals surface area contributed by atoms with Gasteiger partial charge < -0.3 is 5.32 Å². The normalized spacial score (nSPS) is 21.3. The summed E-state index contributed by atoms with van der Waals surface area (Å²) < 4.78 is 49.4. The smallest absolute Gasteiger partial charge is 0.264 e. The number of rotatable bonds is 5. The Morgan fingerprint density at radius 1 is 1.21 bits per heavy atom. The van der Waals surface area contributed by atoms with Gasteiger partial charge in [0.1, 0.15) is 9.90 Å². The van der Waals surface area contributed by atoms with E-state index in [0.717, 1.165) is 24.0 Å². The summed E-state index contributed by atoms with van der Waals surface area (Å²) in [6.07, 6.45) is 4.01. The first-order valence-corrected chi connectivity index (χ1v) is 12.4. The number of fused-ring (bicyclic) bond motifs is 1. The lowest BCUT2D eigenvalue weighted by Crippen LogP contribution is -2.38. The second-order valence-electron chi connectivity index (χ2n) is 6.19. The van der Waals surface area contributed by atoms with E-state index in [1.165, 1.54) is 11.3 Å². The van der Waals surface area contributed by atoms with Crippen molar-refractivity contribution in [3.63, 3.8) is 0 Å². The van der Waals surface area contributed by atoms with Crippen LogP contribution in [0, 0.1) is 5.92 Å². The van der Waals surface area contributed by atoms with Crippen molar-refractivity contribution in [2.24, 2.45) is 5.92 Å². The zero-order valence-corrected chi connectivity index (χ0v) is 16.0. The molecule has 1 aromatic heterocycles. The minimum atomic E-state index is -4.06. The maximum atomic E-state index is 12.0. The van der Waals surface area contributed by atoms with E-state index in [1.54, 1.807) is 0 Å². The summed E-state index contributed by atoms with van der Waals surface area (Å²) in [6, 6.07) is -0.383. The molecule has 1 amide bonds. The van der Waals surface area contributed by atoms with E-state index in [2.05, 4.69) is 10.0 Å². The predicted octanol–water partition coefficient (Wildman–Crippen LogP) is 1.43. The van der Waals surface area contributed by atoms with Crippen molar-refractivity contribution in [1.82, 2.24) is 4.72 Å². The average Bonchev–Trinajstić information content (AvgIpc) is 3.18. The summed E-state index contributed by atoms with van der Waals surface area (Å²) in [5.41, 5.74) is 0.508. The zero-order chi connectivity index (χ0) is 17.7. The van der Waals surface area contributed by atoms with Gasteiger partial charge in [-0.1, -0.05) is 0 Å². The van der Waals surface area contributed by atoms with Crippen LogP contribution in [0.15, 0.2) is 4.90 Å². The number of thiophene rings is 1. The van der Waals surface area contributed by atoms with Gasteiger partial charge in [-0.3, -0.25) is 4.79 Å². The minimum absolute atomic E-state index is 0.0605. The molecule has 3 rings (SSSR count). The van der Waals surface area contributed by atoms with E-state index in [0.29, 0.717) is 18.4 Å². The first-order valence-electron chi connectivity index (χ1n) is 7.42. The number of carbonyl (C=O) groups is 1. The molecule has 1 atom stereocenters. The number of halogens is 1. The lowest BCUT2D eigenvalue weighted by Gasteiger charge is -2.22. The lowest BCUT2D eigenvalue weighted by atomic mass is 9.95. The van der Waals surface area contributed by atoms with Gasteiger partial charge >= 0.3 is 0 Å². The van der Waals surface area contributed by atoms with E-state index >= 15 is 0 Å². The second kappa shape index (κ2) is 6.24. The summed E-state index contributed by atoms with van der Waals surface area (Å²) in [5, 5.41) is 2.92. The van der Waals surface area contributed by atoms with Crippen molar-refractivity contribution in [1.29, 1.82) is 0 Å². The van der Waals surface area contributed by atoms with Crippen LogP contribution < -0.4 is 10.0 Å². The van der Waals surface area contributed by atoms with Crippen LogP contribution in [0.1, 0.15) is 29.7 Å². The molecule has 0 aliphatic heterocycles. The summed E-state index contributed by atoms with van der Waals surface area (Å²) in [4.78, 5) is 12.7. The van der Waals surface area contributed by atoms with Gasteiger partial charge in [0, 0.05) is 27.5 Å². The van der Waals surface area contributed by atoms with Gasteiger partial charge in [0.25, 0.3) is 9.05 Å². The molecule has 7 nitrogen and oxygen atoms in total. The molecule has 0 bridgehead atoms.